The molecule has 1 aliphatic rings. The average Bonchev–Trinajstić information content (AvgIpc) is 2.45. The number of hydrogen-bond donors (Lipinski definition) is 0. The fourth-order valence-corrected chi connectivity index (χ4v) is 1.76. The summed E-state index contributed by atoms with van der Waals surface area (Å²) < 4.78 is 21.6. The van der Waals surface area contributed by atoms with Gasteiger partial charge < -0.3 is 18.9 Å². The minimum Gasteiger partial charge on any atom is -0.494 e. The van der Waals surface area contributed by atoms with Crippen molar-refractivity contribution in [3.63, 3.8) is 0 Å². The Kier molecular flexibility index (Phi) is 4.87. The Morgan fingerprint density at radius 2 is 2.10 bits per heavy atom. The van der Waals surface area contributed by atoms with Crippen molar-refractivity contribution in [2.75, 3.05) is 19.8 Å². The number of esters is 1. The van der Waals surface area contributed by atoms with E-state index in [0.717, 1.165) is 5.75 Å². The van der Waals surface area contributed by atoms with Crippen LogP contribution in [0.4, 0.5) is 0 Å². The molecule has 108 valence electrons. The van der Waals surface area contributed by atoms with Crippen LogP contribution in [0.2, 0.25) is 0 Å². The van der Waals surface area contributed by atoms with Gasteiger partial charge in [0.1, 0.15) is 19.0 Å². The number of rotatable bonds is 5. The van der Waals surface area contributed by atoms with Crippen LogP contribution in [0.15, 0.2) is 36.1 Å². The lowest BCUT2D eigenvalue weighted by Crippen LogP contribution is -2.33. The Morgan fingerprint density at radius 1 is 1.35 bits per heavy atom. The van der Waals surface area contributed by atoms with Crippen LogP contribution in [-0.2, 0) is 14.3 Å². The summed E-state index contributed by atoms with van der Waals surface area (Å²) in [6, 6.07) is 7.49. The van der Waals surface area contributed by atoms with Gasteiger partial charge in [0, 0.05) is 0 Å². The van der Waals surface area contributed by atoms with E-state index in [9.17, 15) is 4.79 Å². The molecule has 20 heavy (non-hydrogen) atoms. The molecule has 1 aromatic rings. The highest BCUT2D eigenvalue weighted by Gasteiger charge is 2.21. The molecule has 5 heteroatoms. The van der Waals surface area contributed by atoms with Gasteiger partial charge in [0.05, 0.1) is 12.7 Å². The molecule has 0 fully saturated rings. The van der Waals surface area contributed by atoms with Crippen molar-refractivity contribution in [2.45, 2.75) is 20.0 Å². The molecule has 0 N–H and O–H groups in total. The van der Waals surface area contributed by atoms with Gasteiger partial charge in [0.2, 0.25) is 0 Å². The summed E-state index contributed by atoms with van der Waals surface area (Å²) >= 11 is 0. The average molecular weight is 278 g/mol. The van der Waals surface area contributed by atoms with E-state index in [2.05, 4.69) is 0 Å². The Labute approximate surface area is 118 Å². The van der Waals surface area contributed by atoms with Crippen molar-refractivity contribution in [3.8, 4) is 11.5 Å². The quantitative estimate of drug-likeness (QED) is 0.470. The maximum atomic E-state index is 11.2. The van der Waals surface area contributed by atoms with Crippen molar-refractivity contribution in [1.82, 2.24) is 0 Å². The Morgan fingerprint density at radius 3 is 2.85 bits per heavy atom. The molecule has 0 amide bonds. The number of allylic oxidation sites excluding steroid dienone is 1. The molecule has 1 atom stereocenters. The first-order valence-corrected chi connectivity index (χ1v) is 6.55. The summed E-state index contributed by atoms with van der Waals surface area (Å²) in [6.07, 6.45) is 1.12. The number of carbonyl (C=O) groups excluding carboxylic acids is 1. The van der Waals surface area contributed by atoms with Crippen molar-refractivity contribution in [3.05, 3.63) is 36.1 Å². The molecule has 0 radical (unpaired) electrons. The second-order valence-electron chi connectivity index (χ2n) is 4.32. The maximum Gasteiger partial charge on any atom is 0.334 e. The number of fused-ring (bicyclic) bond motifs is 1. The van der Waals surface area contributed by atoms with Crippen LogP contribution < -0.4 is 9.47 Å². The van der Waals surface area contributed by atoms with Crippen LogP contribution in [0, 0.1) is 0 Å². The van der Waals surface area contributed by atoms with E-state index in [4.69, 9.17) is 18.9 Å². The third-order valence-electron chi connectivity index (χ3n) is 2.67. The predicted octanol–water partition coefficient (Wildman–Crippen LogP) is 2.31. The van der Waals surface area contributed by atoms with Crippen molar-refractivity contribution in [2.24, 2.45) is 0 Å². The predicted molar refractivity (Wildman–Crippen MR) is 72.7 cm³/mol. The second kappa shape index (κ2) is 6.84. The summed E-state index contributed by atoms with van der Waals surface area (Å²) in [4.78, 5) is 11.2. The molecule has 0 saturated carbocycles. The zero-order chi connectivity index (χ0) is 14.4. The van der Waals surface area contributed by atoms with Crippen LogP contribution in [0.1, 0.15) is 13.8 Å². The second-order valence-corrected chi connectivity index (χ2v) is 4.32. The number of carbonyl (C=O) groups is 1. The minimum atomic E-state index is -0.406. The van der Waals surface area contributed by atoms with E-state index < -0.39 is 5.97 Å². The minimum absolute atomic E-state index is 0.199. The third kappa shape index (κ3) is 3.91. The zero-order valence-corrected chi connectivity index (χ0v) is 11.6. The van der Waals surface area contributed by atoms with E-state index in [1.165, 1.54) is 6.08 Å². The molecule has 0 spiro atoms. The molecule has 1 aliphatic heterocycles. The Balaban J connectivity index is 1.83. The fourth-order valence-electron chi connectivity index (χ4n) is 1.76. The van der Waals surface area contributed by atoms with E-state index >= 15 is 0 Å². The lowest BCUT2D eigenvalue weighted by Gasteiger charge is -2.26. The SMILES string of the molecule is CCOC(=O)C=C(C)OCC1COc2ccccc2O1. The standard InChI is InChI=1S/C15H18O5/c1-3-17-15(16)8-11(2)18-9-12-10-19-13-6-4-5-7-14(13)20-12/h4-8,12H,3,9-10H2,1-2H3. The molecule has 0 aliphatic carbocycles. The monoisotopic (exact) mass is 278 g/mol. The smallest absolute Gasteiger partial charge is 0.334 e. The summed E-state index contributed by atoms with van der Waals surface area (Å²) in [5, 5.41) is 0. The van der Waals surface area contributed by atoms with Crippen molar-refractivity contribution >= 4 is 5.97 Å². The highest BCUT2D eigenvalue weighted by Crippen LogP contribution is 2.30. The molecule has 1 aromatic carbocycles. The van der Waals surface area contributed by atoms with Crippen LogP contribution in [-0.4, -0.2) is 31.9 Å². The molecular weight excluding hydrogens is 260 g/mol. The van der Waals surface area contributed by atoms with Gasteiger partial charge in [-0.15, -0.1) is 0 Å². The largest absolute Gasteiger partial charge is 0.494 e. The number of ether oxygens (including phenoxy) is 4. The van der Waals surface area contributed by atoms with Gasteiger partial charge in [0.15, 0.2) is 17.6 Å². The molecule has 0 aromatic heterocycles. The van der Waals surface area contributed by atoms with Crippen LogP contribution in [0.5, 0.6) is 11.5 Å². The zero-order valence-electron chi connectivity index (χ0n) is 11.6. The van der Waals surface area contributed by atoms with Gasteiger partial charge in [-0.2, -0.15) is 0 Å². The first kappa shape index (κ1) is 14.2. The molecule has 1 unspecified atom stereocenters. The fraction of sp³-hybridized carbons (Fsp3) is 0.400. The molecule has 2 rings (SSSR count). The molecular formula is C15H18O5. The van der Waals surface area contributed by atoms with Gasteiger partial charge in [-0.25, -0.2) is 4.79 Å². The lowest BCUT2D eigenvalue weighted by molar-refractivity contribution is -0.137. The van der Waals surface area contributed by atoms with Gasteiger partial charge in [0.25, 0.3) is 0 Å². The third-order valence-corrected chi connectivity index (χ3v) is 2.67. The van der Waals surface area contributed by atoms with Crippen LogP contribution in [0.3, 0.4) is 0 Å². The van der Waals surface area contributed by atoms with Gasteiger partial charge >= 0.3 is 5.97 Å². The molecule has 0 bridgehead atoms. The molecule has 0 saturated heterocycles. The number of para-hydroxylation sites is 2. The van der Waals surface area contributed by atoms with E-state index in [1.807, 2.05) is 24.3 Å². The lowest BCUT2D eigenvalue weighted by atomic mass is 10.3. The van der Waals surface area contributed by atoms with Crippen LogP contribution >= 0.6 is 0 Å². The van der Waals surface area contributed by atoms with E-state index in [1.54, 1.807) is 13.8 Å². The van der Waals surface area contributed by atoms with Gasteiger partial charge in [-0.3, -0.25) is 0 Å². The Hall–Kier alpha value is -2.17. The normalized spacial score (nSPS) is 17.5. The summed E-state index contributed by atoms with van der Waals surface area (Å²) in [7, 11) is 0. The molecule has 5 nitrogen and oxygen atoms in total. The highest BCUT2D eigenvalue weighted by molar-refractivity contribution is 5.82. The first-order chi connectivity index (χ1) is 9.69. The summed E-state index contributed by atoms with van der Waals surface area (Å²) in [6.45, 7) is 4.54. The number of benzene rings is 1. The highest BCUT2D eigenvalue weighted by atomic mass is 16.6. The van der Waals surface area contributed by atoms with Gasteiger partial charge in [-0.1, -0.05) is 12.1 Å². The van der Waals surface area contributed by atoms with Crippen LogP contribution in [0.25, 0.3) is 0 Å². The number of hydrogen-bond acceptors (Lipinski definition) is 5. The van der Waals surface area contributed by atoms with Crippen molar-refractivity contribution < 1.29 is 23.7 Å². The molecule has 1 heterocycles. The topological polar surface area (TPSA) is 54.0 Å². The van der Waals surface area contributed by atoms with Crippen molar-refractivity contribution in [1.29, 1.82) is 0 Å². The summed E-state index contributed by atoms with van der Waals surface area (Å²) in [5.74, 6) is 1.53. The van der Waals surface area contributed by atoms with E-state index in [0.29, 0.717) is 31.3 Å². The van der Waals surface area contributed by atoms with E-state index in [-0.39, 0.29) is 6.10 Å². The Bertz CT molecular complexity index is 495. The summed E-state index contributed by atoms with van der Waals surface area (Å²) in [5.41, 5.74) is 0. The maximum absolute atomic E-state index is 11.2. The first-order valence-electron chi connectivity index (χ1n) is 6.55. The van der Waals surface area contributed by atoms with Gasteiger partial charge in [-0.05, 0) is 26.0 Å².